The maximum absolute atomic E-state index is 5.82. The zero-order chi connectivity index (χ0) is 11.7. The second-order valence-corrected chi connectivity index (χ2v) is 5.73. The van der Waals surface area contributed by atoms with Gasteiger partial charge in [-0.05, 0) is 54.7 Å². The lowest BCUT2D eigenvalue weighted by atomic mass is 10.1. The summed E-state index contributed by atoms with van der Waals surface area (Å²) in [5, 5.41) is 1.68. The summed E-state index contributed by atoms with van der Waals surface area (Å²) in [6.45, 7) is 0. The van der Waals surface area contributed by atoms with Crippen LogP contribution in [0.1, 0.15) is 17.5 Å². The Labute approximate surface area is 110 Å². The van der Waals surface area contributed by atoms with Crippen molar-refractivity contribution in [1.29, 1.82) is 0 Å². The van der Waals surface area contributed by atoms with Gasteiger partial charge in [0.05, 0.1) is 5.02 Å². The van der Waals surface area contributed by atoms with Gasteiger partial charge in [-0.25, -0.2) is 4.98 Å². The van der Waals surface area contributed by atoms with Gasteiger partial charge in [0, 0.05) is 11.1 Å². The predicted molar refractivity (Wildman–Crippen MR) is 71.8 cm³/mol. The average Bonchev–Trinajstić information content (AvgIpc) is 2.79. The Hall–Kier alpha value is -0.990. The largest absolute Gasteiger partial charge is 0.248 e. The molecule has 0 aliphatic heterocycles. The molecule has 1 heterocycles. The maximum Gasteiger partial charge on any atom is 0.101 e. The van der Waals surface area contributed by atoms with Crippen LogP contribution in [0, 0.1) is 0 Å². The molecule has 0 saturated heterocycles. The van der Waals surface area contributed by atoms with Crippen molar-refractivity contribution in [1.82, 2.24) is 4.98 Å². The molecule has 0 unspecified atom stereocenters. The van der Waals surface area contributed by atoms with Gasteiger partial charge in [-0.1, -0.05) is 29.4 Å². The first-order chi connectivity index (χ1) is 8.31. The third-order valence-electron chi connectivity index (χ3n) is 2.99. The van der Waals surface area contributed by atoms with Crippen molar-refractivity contribution in [3.63, 3.8) is 0 Å². The SMILES string of the molecule is Clc1ccc(Sc2ccc3c(c2)CCC3)nc1. The van der Waals surface area contributed by atoms with Crippen molar-refractivity contribution in [2.75, 3.05) is 0 Å². The lowest BCUT2D eigenvalue weighted by molar-refractivity contribution is 0.911. The van der Waals surface area contributed by atoms with E-state index in [9.17, 15) is 0 Å². The van der Waals surface area contributed by atoms with Crippen molar-refractivity contribution in [3.8, 4) is 0 Å². The number of rotatable bonds is 2. The van der Waals surface area contributed by atoms with Crippen molar-refractivity contribution in [2.24, 2.45) is 0 Å². The number of aromatic nitrogens is 1. The van der Waals surface area contributed by atoms with Gasteiger partial charge in [0.15, 0.2) is 0 Å². The summed E-state index contributed by atoms with van der Waals surface area (Å²) in [6.07, 6.45) is 5.44. The van der Waals surface area contributed by atoms with Crippen LogP contribution in [-0.2, 0) is 12.8 Å². The molecule has 0 saturated carbocycles. The molecule has 2 aromatic rings. The Morgan fingerprint density at radius 3 is 2.76 bits per heavy atom. The highest BCUT2D eigenvalue weighted by atomic mass is 35.5. The molecular formula is C14H12ClNS. The molecule has 0 fully saturated rings. The van der Waals surface area contributed by atoms with Crippen LogP contribution < -0.4 is 0 Å². The Kier molecular flexibility index (Phi) is 3.08. The van der Waals surface area contributed by atoms with Gasteiger partial charge in [0.2, 0.25) is 0 Å². The van der Waals surface area contributed by atoms with Crippen LogP contribution >= 0.6 is 23.4 Å². The van der Waals surface area contributed by atoms with Gasteiger partial charge < -0.3 is 0 Å². The molecule has 1 nitrogen and oxygen atoms in total. The minimum absolute atomic E-state index is 0.684. The van der Waals surface area contributed by atoms with Gasteiger partial charge in [-0.2, -0.15) is 0 Å². The van der Waals surface area contributed by atoms with Crippen LogP contribution in [-0.4, -0.2) is 4.98 Å². The van der Waals surface area contributed by atoms with Crippen molar-refractivity contribution >= 4 is 23.4 Å². The quantitative estimate of drug-likeness (QED) is 0.796. The maximum atomic E-state index is 5.82. The Morgan fingerprint density at radius 2 is 1.94 bits per heavy atom. The molecule has 0 amide bonds. The molecule has 1 aliphatic rings. The Morgan fingerprint density at radius 1 is 1.06 bits per heavy atom. The summed E-state index contributed by atoms with van der Waals surface area (Å²) in [4.78, 5) is 5.56. The molecule has 0 N–H and O–H groups in total. The zero-order valence-electron chi connectivity index (χ0n) is 9.32. The molecule has 3 rings (SSSR count). The van der Waals surface area contributed by atoms with Gasteiger partial charge >= 0.3 is 0 Å². The molecule has 0 bridgehead atoms. The first-order valence-corrected chi connectivity index (χ1v) is 6.92. The second kappa shape index (κ2) is 4.71. The van der Waals surface area contributed by atoms with E-state index in [0.717, 1.165) is 5.03 Å². The van der Waals surface area contributed by atoms with E-state index in [2.05, 4.69) is 23.2 Å². The third-order valence-corrected chi connectivity index (χ3v) is 4.16. The number of benzene rings is 1. The number of nitrogens with zero attached hydrogens (tertiary/aromatic N) is 1. The molecular weight excluding hydrogens is 250 g/mol. The normalized spacial score (nSPS) is 13.7. The summed E-state index contributed by atoms with van der Waals surface area (Å²) in [6, 6.07) is 10.6. The number of fused-ring (bicyclic) bond motifs is 1. The lowest BCUT2D eigenvalue weighted by Gasteiger charge is -2.04. The fraction of sp³-hybridized carbons (Fsp3) is 0.214. The highest BCUT2D eigenvalue weighted by Gasteiger charge is 2.11. The van der Waals surface area contributed by atoms with Gasteiger partial charge in [-0.3, -0.25) is 0 Å². The third kappa shape index (κ3) is 2.48. The van der Waals surface area contributed by atoms with Crippen LogP contribution in [0.2, 0.25) is 5.02 Å². The first-order valence-electron chi connectivity index (χ1n) is 5.72. The summed E-state index contributed by atoms with van der Waals surface area (Å²) < 4.78 is 0. The summed E-state index contributed by atoms with van der Waals surface area (Å²) >= 11 is 7.51. The minimum atomic E-state index is 0.684. The fourth-order valence-corrected chi connectivity index (χ4v) is 3.09. The van der Waals surface area contributed by atoms with Crippen molar-refractivity contribution < 1.29 is 0 Å². The Balaban J connectivity index is 1.83. The highest BCUT2D eigenvalue weighted by molar-refractivity contribution is 7.99. The number of hydrogen-bond acceptors (Lipinski definition) is 2. The zero-order valence-corrected chi connectivity index (χ0v) is 10.9. The summed E-state index contributed by atoms with van der Waals surface area (Å²) in [5.74, 6) is 0. The van der Waals surface area contributed by atoms with Gasteiger partial charge in [-0.15, -0.1) is 0 Å². The van der Waals surface area contributed by atoms with E-state index in [1.807, 2.05) is 12.1 Å². The second-order valence-electron chi connectivity index (χ2n) is 4.20. The molecule has 0 spiro atoms. The van der Waals surface area contributed by atoms with Crippen LogP contribution in [0.3, 0.4) is 0 Å². The molecule has 86 valence electrons. The lowest BCUT2D eigenvalue weighted by Crippen LogP contribution is -1.84. The van der Waals surface area contributed by atoms with E-state index in [4.69, 9.17) is 11.6 Å². The summed E-state index contributed by atoms with van der Waals surface area (Å²) in [5.41, 5.74) is 3.02. The molecule has 0 radical (unpaired) electrons. The molecule has 1 aromatic heterocycles. The van der Waals surface area contributed by atoms with Crippen molar-refractivity contribution in [2.45, 2.75) is 29.2 Å². The first kappa shape index (κ1) is 11.1. The average molecular weight is 262 g/mol. The molecule has 1 aliphatic carbocycles. The molecule has 3 heteroatoms. The Bertz CT molecular complexity index is 536. The highest BCUT2D eigenvalue weighted by Crippen LogP contribution is 2.31. The van der Waals surface area contributed by atoms with Crippen LogP contribution in [0.4, 0.5) is 0 Å². The predicted octanol–water partition coefficient (Wildman–Crippen LogP) is 4.37. The van der Waals surface area contributed by atoms with Crippen LogP contribution in [0.5, 0.6) is 0 Å². The van der Waals surface area contributed by atoms with Crippen LogP contribution in [0.25, 0.3) is 0 Å². The van der Waals surface area contributed by atoms with E-state index in [0.29, 0.717) is 5.02 Å². The monoisotopic (exact) mass is 261 g/mol. The van der Waals surface area contributed by atoms with E-state index in [-0.39, 0.29) is 0 Å². The minimum Gasteiger partial charge on any atom is -0.248 e. The number of hydrogen-bond donors (Lipinski definition) is 0. The van der Waals surface area contributed by atoms with Crippen molar-refractivity contribution in [3.05, 3.63) is 52.7 Å². The standard InChI is InChI=1S/C14H12ClNS/c15-12-5-7-14(16-9-12)17-13-6-4-10-2-1-3-11(10)8-13/h4-9H,1-3H2. The van der Waals surface area contributed by atoms with Crippen LogP contribution in [0.15, 0.2) is 46.5 Å². The topological polar surface area (TPSA) is 12.9 Å². The van der Waals surface area contributed by atoms with Gasteiger partial charge in [0.25, 0.3) is 0 Å². The molecule has 0 atom stereocenters. The number of aryl methyl sites for hydroxylation is 2. The van der Waals surface area contributed by atoms with E-state index in [1.165, 1.54) is 35.3 Å². The smallest absolute Gasteiger partial charge is 0.101 e. The number of pyridine rings is 1. The van der Waals surface area contributed by atoms with E-state index < -0.39 is 0 Å². The van der Waals surface area contributed by atoms with E-state index >= 15 is 0 Å². The molecule has 17 heavy (non-hydrogen) atoms. The van der Waals surface area contributed by atoms with E-state index in [1.54, 1.807) is 18.0 Å². The summed E-state index contributed by atoms with van der Waals surface area (Å²) in [7, 11) is 0. The van der Waals surface area contributed by atoms with Gasteiger partial charge in [0.1, 0.15) is 5.03 Å². The number of halogens is 1. The molecule has 1 aromatic carbocycles. The fourth-order valence-electron chi connectivity index (χ4n) is 2.16.